The van der Waals surface area contributed by atoms with Crippen LogP contribution in [0.2, 0.25) is 5.02 Å². The van der Waals surface area contributed by atoms with Gasteiger partial charge >= 0.3 is 5.97 Å². The second-order valence-electron chi connectivity index (χ2n) is 2.83. The molecule has 0 unspecified atom stereocenters. The van der Waals surface area contributed by atoms with Crippen molar-refractivity contribution in [2.24, 2.45) is 0 Å². The first kappa shape index (κ1) is 10.4. The number of esters is 1. The van der Waals surface area contributed by atoms with Crippen LogP contribution in [0, 0.1) is 0 Å². The highest BCUT2D eigenvalue weighted by molar-refractivity contribution is 9.10. The molecule has 2 rings (SSSR count). The van der Waals surface area contributed by atoms with Gasteiger partial charge in [-0.15, -0.1) is 0 Å². The molecule has 0 amide bonds. The number of carbonyl (C=O) groups excluding carboxylic acids is 1. The SMILES string of the molecule is COC(=O)c1nc2c(Br)c(Cl)ccc2[nH]1. The van der Waals surface area contributed by atoms with Gasteiger partial charge < -0.3 is 9.72 Å². The first-order valence-electron chi connectivity index (χ1n) is 4.05. The van der Waals surface area contributed by atoms with Gasteiger partial charge in [0.25, 0.3) is 0 Å². The van der Waals surface area contributed by atoms with Crippen molar-refractivity contribution in [3.63, 3.8) is 0 Å². The van der Waals surface area contributed by atoms with Gasteiger partial charge in [-0.05, 0) is 28.1 Å². The van der Waals surface area contributed by atoms with Gasteiger partial charge in [0.05, 0.1) is 22.1 Å². The Morgan fingerprint density at radius 3 is 3.00 bits per heavy atom. The lowest BCUT2D eigenvalue weighted by atomic mass is 10.3. The van der Waals surface area contributed by atoms with Crippen LogP contribution in [0.5, 0.6) is 0 Å². The van der Waals surface area contributed by atoms with Crippen LogP contribution in [0.3, 0.4) is 0 Å². The molecule has 1 heterocycles. The topological polar surface area (TPSA) is 55.0 Å². The normalized spacial score (nSPS) is 10.6. The third-order valence-corrected chi connectivity index (χ3v) is 3.27. The fourth-order valence-corrected chi connectivity index (χ4v) is 1.80. The number of hydrogen-bond donors (Lipinski definition) is 1. The van der Waals surface area contributed by atoms with Crippen LogP contribution in [-0.2, 0) is 4.74 Å². The molecule has 0 fully saturated rings. The van der Waals surface area contributed by atoms with E-state index in [1.54, 1.807) is 12.1 Å². The number of nitrogens with zero attached hydrogens (tertiary/aromatic N) is 1. The van der Waals surface area contributed by atoms with Gasteiger partial charge in [-0.1, -0.05) is 11.6 Å². The molecule has 1 aromatic carbocycles. The predicted molar refractivity (Wildman–Crippen MR) is 60.1 cm³/mol. The molecule has 0 aliphatic rings. The number of methoxy groups -OCH3 is 1. The Hall–Kier alpha value is -1.07. The number of imidazole rings is 1. The van der Waals surface area contributed by atoms with Gasteiger partial charge in [-0.3, -0.25) is 0 Å². The fourth-order valence-electron chi connectivity index (χ4n) is 1.21. The van der Waals surface area contributed by atoms with Gasteiger partial charge in [0, 0.05) is 0 Å². The molecule has 4 nitrogen and oxygen atoms in total. The van der Waals surface area contributed by atoms with Crippen molar-refractivity contribution in [2.45, 2.75) is 0 Å². The predicted octanol–water partition coefficient (Wildman–Crippen LogP) is 2.77. The van der Waals surface area contributed by atoms with Gasteiger partial charge in [-0.25, -0.2) is 9.78 Å². The van der Waals surface area contributed by atoms with Crippen molar-refractivity contribution >= 4 is 44.5 Å². The maximum absolute atomic E-state index is 11.2. The summed E-state index contributed by atoms with van der Waals surface area (Å²) in [5.41, 5.74) is 1.34. The molecular formula is C9H6BrClN2O2. The first-order valence-corrected chi connectivity index (χ1v) is 5.22. The zero-order valence-electron chi connectivity index (χ0n) is 7.67. The molecule has 2 aromatic rings. The summed E-state index contributed by atoms with van der Waals surface area (Å²) in [4.78, 5) is 18.1. The van der Waals surface area contributed by atoms with E-state index in [0.29, 0.717) is 15.0 Å². The Morgan fingerprint density at radius 2 is 2.33 bits per heavy atom. The summed E-state index contributed by atoms with van der Waals surface area (Å²) in [7, 11) is 1.30. The number of hydrogen-bond acceptors (Lipinski definition) is 3. The maximum atomic E-state index is 11.2. The number of ether oxygens (including phenoxy) is 1. The zero-order chi connectivity index (χ0) is 11.0. The monoisotopic (exact) mass is 288 g/mol. The molecule has 0 aliphatic carbocycles. The number of fused-ring (bicyclic) bond motifs is 1. The Balaban J connectivity index is 2.66. The lowest BCUT2D eigenvalue weighted by Crippen LogP contribution is -2.02. The second kappa shape index (κ2) is 3.83. The molecule has 0 aliphatic heterocycles. The van der Waals surface area contributed by atoms with Crippen molar-refractivity contribution in [3.05, 3.63) is 27.5 Å². The fraction of sp³-hybridized carbons (Fsp3) is 0.111. The highest BCUT2D eigenvalue weighted by atomic mass is 79.9. The van der Waals surface area contributed by atoms with Crippen LogP contribution in [0.25, 0.3) is 11.0 Å². The van der Waals surface area contributed by atoms with Crippen molar-refractivity contribution < 1.29 is 9.53 Å². The number of rotatable bonds is 1. The molecule has 0 spiro atoms. The first-order chi connectivity index (χ1) is 7.13. The third-order valence-electron chi connectivity index (χ3n) is 1.92. The van der Waals surface area contributed by atoms with E-state index in [0.717, 1.165) is 5.52 Å². The molecule has 0 saturated heterocycles. The Morgan fingerprint density at radius 1 is 1.60 bits per heavy atom. The van der Waals surface area contributed by atoms with Gasteiger partial charge in [0.15, 0.2) is 0 Å². The van der Waals surface area contributed by atoms with Crippen molar-refractivity contribution in [1.82, 2.24) is 9.97 Å². The van der Waals surface area contributed by atoms with Crippen LogP contribution in [0.15, 0.2) is 16.6 Å². The Labute approximate surface area is 98.7 Å². The van der Waals surface area contributed by atoms with Crippen LogP contribution in [0.4, 0.5) is 0 Å². The number of aromatic nitrogens is 2. The van der Waals surface area contributed by atoms with E-state index in [1.165, 1.54) is 7.11 Å². The highest BCUT2D eigenvalue weighted by Crippen LogP contribution is 2.29. The highest BCUT2D eigenvalue weighted by Gasteiger charge is 2.14. The van der Waals surface area contributed by atoms with Gasteiger partial charge in [0.2, 0.25) is 5.82 Å². The van der Waals surface area contributed by atoms with Crippen LogP contribution >= 0.6 is 27.5 Å². The lowest BCUT2D eigenvalue weighted by Gasteiger charge is -1.94. The molecule has 78 valence electrons. The molecular weight excluding hydrogens is 283 g/mol. The molecule has 0 saturated carbocycles. The standard InChI is InChI=1S/C9H6BrClN2O2/c1-15-9(14)8-12-5-3-2-4(11)6(10)7(5)13-8/h2-3H,1H3,(H,12,13). The van der Waals surface area contributed by atoms with Crippen molar-refractivity contribution in [1.29, 1.82) is 0 Å². The summed E-state index contributed by atoms with van der Waals surface area (Å²) in [6.07, 6.45) is 0. The van der Waals surface area contributed by atoms with E-state index >= 15 is 0 Å². The number of halogens is 2. The largest absolute Gasteiger partial charge is 0.463 e. The maximum Gasteiger partial charge on any atom is 0.374 e. The minimum absolute atomic E-state index is 0.162. The molecule has 0 atom stereocenters. The van der Waals surface area contributed by atoms with Crippen molar-refractivity contribution in [2.75, 3.05) is 7.11 Å². The van der Waals surface area contributed by atoms with Gasteiger partial charge in [-0.2, -0.15) is 0 Å². The minimum atomic E-state index is -0.505. The van der Waals surface area contributed by atoms with Crippen molar-refractivity contribution in [3.8, 4) is 0 Å². The number of aromatic amines is 1. The molecule has 15 heavy (non-hydrogen) atoms. The quantitative estimate of drug-likeness (QED) is 0.821. The Kier molecular flexibility index (Phi) is 2.67. The lowest BCUT2D eigenvalue weighted by molar-refractivity contribution is 0.0588. The summed E-state index contributed by atoms with van der Waals surface area (Å²) in [6, 6.07) is 3.47. The number of benzene rings is 1. The molecule has 1 aromatic heterocycles. The molecule has 0 bridgehead atoms. The number of H-pyrrole nitrogens is 1. The summed E-state index contributed by atoms with van der Waals surface area (Å²) in [5.74, 6) is -0.343. The summed E-state index contributed by atoms with van der Waals surface area (Å²) >= 11 is 9.19. The summed E-state index contributed by atoms with van der Waals surface area (Å²) < 4.78 is 5.22. The second-order valence-corrected chi connectivity index (χ2v) is 4.03. The molecule has 6 heteroatoms. The Bertz CT molecular complexity index is 538. The van der Waals surface area contributed by atoms with E-state index < -0.39 is 5.97 Å². The average molecular weight is 290 g/mol. The minimum Gasteiger partial charge on any atom is -0.463 e. The van der Waals surface area contributed by atoms with Crippen LogP contribution < -0.4 is 0 Å². The number of nitrogens with one attached hydrogen (secondary N) is 1. The summed E-state index contributed by atoms with van der Waals surface area (Å²) in [6.45, 7) is 0. The van der Waals surface area contributed by atoms with E-state index in [1.807, 2.05) is 0 Å². The zero-order valence-corrected chi connectivity index (χ0v) is 10.0. The van der Waals surface area contributed by atoms with E-state index in [4.69, 9.17) is 11.6 Å². The average Bonchev–Trinajstić information content (AvgIpc) is 2.67. The van der Waals surface area contributed by atoms with E-state index in [-0.39, 0.29) is 5.82 Å². The number of carbonyl (C=O) groups is 1. The van der Waals surface area contributed by atoms with Crippen LogP contribution in [0.1, 0.15) is 10.6 Å². The molecule has 1 N–H and O–H groups in total. The molecule has 0 radical (unpaired) electrons. The third kappa shape index (κ3) is 1.72. The van der Waals surface area contributed by atoms with Crippen LogP contribution in [-0.4, -0.2) is 23.0 Å². The van der Waals surface area contributed by atoms with Gasteiger partial charge in [0.1, 0.15) is 5.52 Å². The van der Waals surface area contributed by atoms with E-state index in [2.05, 4.69) is 30.6 Å². The van der Waals surface area contributed by atoms with E-state index in [9.17, 15) is 4.79 Å². The summed E-state index contributed by atoms with van der Waals surface area (Å²) in [5, 5.41) is 0.547. The smallest absolute Gasteiger partial charge is 0.374 e.